The molecule has 0 bridgehead atoms. The number of nitrogens with zero attached hydrogens (tertiary/aromatic N) is 1. The van der Waals surface area contributed by atoms with Crippen LogP contribution < -0.4 is 5.32 Å². The summed E-state index contributed by atoms with van der Waals surface area (Å²) in [7, 11) is 0. The molecule has 6 heteroatoms. The van der Waals surface area contributed by atoms with Crippen molar-refractivity contribution in [3.63, 3.8) is 0 Å². The van der Waals surface area contributed by atoms with Gasteiger partial charge in [-0.05, 0) is 37.1 Å². The summed E-state index contributed by atoms with van der Waals surface area (Å²) >= 11 is 5.78. The Balaban J connectivity index is 2.01. The number of carboxylic acids is 1. The molecule has 1 aliphatic rings. The fourth-order valence-electron chi connectivity index (χ4n) is 2.40. The van der Waals surface area contributed by atoms with Gasteiger partial charge in [-0.1, -0.05) is 18.5 Å². The molecule has 108 valence electrons. The molecule has 20 heavy (non-hydrogen) atoms. The minimum absolute atomic E-state index is 0.248. The van der Waals surface area contributed by atoms with Gasteiger partial charge < -0.3 is 15.3 Å². The molecule has 2 N–H and O–H groups in total. The average Bonchev–Trinajstić information content (AvgIpc) is 2.87. The monoisotopic (exact) mass is 296 g/mol. The molecule has 2 rings (SSSR count). The molecule has 1 unspecified atom stereocenters. The van der Waals surface area contributed by atoms with Gasteiger partial charge in [-0.15, -0.1) is 0 Å². The number of carbonyl (C=O) groups excluding carboxylic acids is 1. The summed E-state index contributed by atoms with van der Waals surface area (Å²) < 4.78 is 0. The lowest BCUT2D eigenvalue weighted by Gasteiger charge is -2.23. The molecule has 5 nitrogen and oxygen atoms in total. The quantitative estimate of drug-likeness (QED) is 0.900. The van der Waals surface area contributed by atoms with Crippen molar-refractivity contribution < 1.29 is 14.7 Å². The van der Waals surface area contributed by atoms with E-state index in [1.165, 1.54) is 0 Å². The smallest absolute Gasteiger partial charge is 0.321 e. The van der Waals surface area contributed by atoms with E-state index in [4.69, 9.17) is 11.6 Å². The molecule has 1 aromatic carbocycles. The first-order valence-electron chi connectivity index (χ1n) is 6.52. The summed E-state index contributed by atoms with van der Waals surface area (Å²) in [5.41, 5.74) is -0.166. The van der Waals surface area contributed by atoms with Crippen LogP contribution in [0.25, 0.3) is 0 Å². The Hall–Kier alpha value is -1.75. The first kappa shape index (κ1) is 14.7. The highest BCUT2D eigenvalue weighted by Gasteiger charge is 2.44. The van der Waals surface area contributed by atoms with E-state index in [2.05, 4.69) is 5.32 Å². The average molecular weight is 297 g/mol. The van der Waals surface area contributed by atoms with Crippen LogP contribution in [-0.4, -0.2) is 35.1 Å². The summed E-state index contributed by atoms with van der Waals surface area (Å²) in [4.78, 5) is 25.0. The number of rotatable bonds is 3. The van der Waals surface area contributed by atoms with Gasteiger partial charge in [0.1, 0.15) is 0 Å². The molecule has 1 heterocycles. The molecule has 1 aliphatic heterocycles. The van der Waals surface area contributed by atoms with Crippen LogP contribution in [0.5, 0.6) is 0 Å². The molecule has 1 fully saturated rings. The standard InChI is InChI=1S/C14H17ClN2O3/c1-2-14(12(18)19)7-8-17(9-14)13(20)16-11-5-3-10(15)4-6-11/h3-6H,2,7-9H2,1H3,(H,16,20)(H,18,19). The van der Waals surface area contributed by atoms with Crippen molar-refractivity contribution in [3.05, 3.63) is 29.3 Å². The normalized spacial score (nSPS) is 21.8. The van der Waals surface area contributed by atoms with E-state index in [9.17, 15) is 14.7 Å². The number of anilines is 1. The lowest BCUT2D eigenvalue weighted by atomic mass is 9.84. The highest BCUT2D eigenvalue weighted by atomic mass is 35.5. The van der Waals surface area contributed by atoms with Crippen LogP contribution in [0.15, 0.2) is 24.3 Å². The molecular weight excluding hydrogens is 280 g/mol. The number of hydrogen-bond acceptors (Lipinski definition) is 2. The molecule has 0 radical (unpaired) electrons. The zero-order chi connectivity index (χ0) is 14.8. The Morgan fingerprint density at radius 2 is 2.05 bits per heavy atom. The number of hydrogen-bond donors (Lipinski definition) is 2. The van der Waals surface area contributed by atoms with Crippen LogP contribution in [0.3, 0.4) is 0 Å². The third-order valence-corrected chi connectivity index (χ3v) is 4.12. The van der Waals surface area contributed by atoms with Crippen LogP contribution in [-0.2, 0) is 4.79 Å². The number of carbonyl (C=O) groups is 2. The summed E-state index contributed by atoms with van der Waals surface area (Å²) in [6, 6.07) is 6.52. The molecular formula is C14H17ClN2O3. The molecule has 1 atom stereocenters. The van der Waals surface area contributed by atoms with Crippen molar-refractivity contribution in [1.29, 1.82) is 0 Å². The number of aliphatic carboxylic acids is 1. The highest BCUT2D eigenvalue weighted by molar-refractivity contribution is 6.30. The van der Waals surface area contributed by atoms with Crippen molar-refractivity contribution in [2.24, 2.45) is 5.41 Å². The number of nitrogens with one attached hydrogen (secondary N) is 1. The van der Waals surface area contributed by atoms with E-state index in [0.29, 0.717) is 30.1 Å². The van der Waals surface area contributed by atoms with Crippen LogP contribution in [0.1, 0.15) is 19.8 Å². The van der Waals surface area contributed by atoms with Gasteiger partial charge in [-0.3, -0.25) is 4.79 Å². The van der Waals surface area contributed by atoms with Crippen molar-refractivity contribution in [2.45, 2.75) is 19.8 Å². The van der Waals surface area contributed by atoms with Crippen molar-refractivity contribution in [1.82, 2.24) is 4.90 Å². The van der Waals surface area contributed by atoms with Crippen molar-refractivity contribution in [3.8, 4) is 0 Å². The third kappa shape index (κ3) is 2.88. The van der Waals surface area contributed by atoms with Crippen molar-refractivity contribution >= 4 is 29.3 Å². The van der Waals surface area contributed by atoms with Gasteiger partial charge in [0.05, 0.1) is 5.41 Å². The maximum atomic E-state index is 12.1. The summed E-state index contributed by atoms with van der Waals surface area (Å²) in [5.74, 6) is -0.832. The number of halogens is 1. The topological polar surface area (TPSA) is 69.6 Å². The Labute approximate surface area is 122 Å². The second kappa shape index (κ2) is 5.71. The van der Waals surface area contributed by atoms with E-state index in [0.717, 1.165) is 0 Å². The fourth-order valence-corrected chi connectivity index (χ4v) is 2.52. The second-order valence-corrected chi connectivity index (χ2v) is 5.48. The molecule has 1 aromatic rings. The number of urea groups is 1. The highest BCUT2D eigenvalue weighted by Crippen LogP contribution is 2.34. The van der Waals surface area contributed by atoms with E-state index in [1.54, 1.807) is 29.2 Å². The van der Waals surface area contributed by atoms with Crippen LogP contribution in [0, 0.1) is 5.41 Å². The summed E-state index contributed by atoms with van der Waals surface area (Å²) in [6.07, 6.45) is 1.01. The Morgan fingerprint density at radius 3 is 2.55 bits per heavy atom. The SMILES string of the molecule is CCC1(C(=O)O)CCN(C(=O)Nc2ccc(Cl)cc2)C1. The Kier molecular flexibility index (Phi) is 4.18. The van der Waals surface area contributed by atoms with Gasteiger partial charge in [0.25, 0.3) is 0 Å². The van der Waals surface area contributed by atoms with Gasteiger partial charge in [-0.2, -0.15) is 0 Å². The lowest BCUT2D eigenvalue weighted by Crippen LogP contribution is -2.38. The third-order valence-electron chi connectivity index (χ3n) is 3.87. The van der Waals surface area contributed by atoms with E-state index >= 15 is 0 Å². The van der Waals surface area contributed by atoms with E-state index < -0.39 is 11.4 Å². The van der Waals surface area contributed by atoms with Gasteiger partial charge in [-0.25, -0.2) is 4.79 Å². The maximum Gasteiger partial charge on any atom is 0.321 e. The summed E-state index contributed by atoms with van der Waals surface area (Å²) in [5, 5.41) is 12.7. The lowest BCUT2D eigenvalue weighted by molar-refractivity contribution is -0.148. The van der Waals surface area contributed by atoms with Gasteiger partial charge in [0, 0.05) is 23.8 Å². The first-order chi connectivity index (χ1) is 9.47. The predicted molar refractivity (Wildman–Crippen MR) is 77.0 cm³/mol. The van der Waals surface area contributed by atoms with E-state index in [-0.39, 0.29) is 12.6 Å². The number of benzene rings is 1. The maximum absolute atomic E-state index is 12.1. The minimum Gasteiger partial charge on any atom is -0.481 e. The van der Waals surface area contributed by atoms with Gasteiger partial charge >= 0.3 is 12.0 Å². The number of likely N-dealkylation sites (tertiary alicyclic amines) is 1. The molecule has 0 spiro atoms. The molecule has 2 amide bonds. The van der Waals surface area contributed by atoms with Gasteiger partial charge in [0.2, 0.25) is 0 Å². The molecule has 0 aliphatic carbocycles. The zero-order valence-corrected chi connectivity index (χ0v) is 12.0. The van der Waals surface area contributed by atoms with Gasteiger partial charge in [0.15, 0.2) is 0 Å². The van der Waals surface area contributed by atoms with Crippen LogP contribution in [0.2, 0.25) is 5.02 Å². The first-order valence-corrected chi connectivity index (χ1v) is 6.89. The Bertz CT molecular complexity index is 518. The number of amides is 2. The Morgan fingerprint density at radius 1 is 1.40 bits per heavy atom. The molecule has 1 saturated heterocycles. The minimum atomic E-state index is -0.832. The summed E-state index contributed by atoms with van der Waals surface area (Å²) in [6.45, 7) is 2.55. The zero-order valence-electron chi connectivity index (χ0n) is 11.2. The number of carboxylic acid groups (broad SMARTS) is 1. The van der Waals surface area contributed by atoms with E-state index in [1.807, 2.05) is 6.92 Å². The largest absolute Gasteiger partial charge is 0.481 e. The van der Waals surface area contributed by atoms with Crippen LogP contribution >= 0.6 is 11.6 Å². The van der Waals surface area contributed by atoms with Crippen molar-refractivity contribution in [2.75, 3.05) is 18.4 Å². The molecule has 0 saturated carbocycles. The predicted octanol–water partition coefficient (Wildman–Crippen LogP) is 3.06. The second-order valence-electron chi connectivity index (χ2n) is 5.05. The fraction of sp³-hybridized carbons (Fsp3) is 0.429. The molecule has 0 aromatic heterocycles. The van der Waals surface area contributed by atoms with Crippen LogP contribution in [0.4, 0.5) is 10.5 Å².